The predicted octanol–water partition coefficient (Wildman–Crippen LogP) is 2.15. The fourth-order valence-electron chi connectivity index (χ4n) is 4.24. The summed E-state index contributed by atoms with van der Waals surface area (Å²) >= 11 is 1.64. The number of piperidine rings is 1. The number of thiazole rings is 1. The van der Waals surface area contributed by atoms with Gasteiger partial charge in [-0.1, -0.05) is 0 Å². The number of fused-ring (bicyclic) bond motifs is 5. The summed E-state index contributed by atoms with van der Waals surface area (Å²) in [4.78, 5) is 22.1. The van der Waals surface area contributed by atoms with Crippen LogP contribution in [0.15, 0.2) is 29.1 Å². The molecule has 1 aromatic carbocycles. The molecule has 6 rings (SSSR count). The normalized spacial score (nSPS) is 23.5. The van der Waals surface area contributed by atoms with Gasteiger partial charge in [-0.15, -0.1) is 11.3 Å². The fourth-order valence-corrected chi connectivity index (χ4v) is 4.79. The number of hydrogen-bond acceptors (Lipinski definition) is 6. The number of nitrogens with zero attached hydrogens (tertiary/aromatic N) is 5. The molecular formula is C18H20N6OS. The smallest absolute Gasteiger partial charge is 0.254 e. The van der Waals surface area contributed by atoms with E-state index in [1.807, 2.05) is 23.7 Å². The fraction of sp³-hybridized carbons (Fsp3) is 0.444. The van der Waals surface area contributed by atoms with Gasteiger partial charge in [0.25, 0.3) is 5.91 Å². The van der Waals surface area contributed by atoms with E-state index in [0.29, 0.717) is 11.5 Å². The van der Waals surface area contributed by atoms with Crippen LogP contribution in [0.5, 0.6) is 0 Å². The van der Waals surface area contributed by atoms with Crippen LogP contribution < -0.4 is 0 Å². The van der Waals surface area contributed by atoms with Crippen LogP contribution in [0.1, 0.15) is 28.9 Å². The van der Waals surface area contributed by atoms with Gasteiger partial charge in [0.15, 0.2) is 0 Å². The lowest BCUT2D eigenvalue weighted by atomic mass is 9.94. The lowest BCUT2D eigenvalue weighted by Crippen LogP contribution is -2.47. The minimum Gasteiger partial charge on any atom is -0.334 e. The third kappa shape index (κ3) is 2.89. The van der Waals surface area contributed by atoms with Crippen molar-refractivity contribution in [2.45, 2.75) is 25.4 Å². The van der Waals surface area contributed by atoms with Crippen LogP contribution in [-0.4, -0.2) is 61.8 Å². The Morgan fingerprint density at radius 3 is 3.00 bits per heavy atom. The number of aromatic amines is 1. The molecular weight excluding hydrogens is 348 g/mol. The maximum atomic E-state index is 13.2. The molecule has 2 aromatic heterocycles. The minimum atomic E-state index is 0.111. The Kier molecular flexibility index (Phi) is 3.94. The molecule has 0 saturated carbocycles. The summed E-state index contributed by atoms with van der Waals surface area (Å²) in [5, 5.41) is 12.9. The molecule has 3 aliphatic rings. The highest BCUT2D eigenvalue weighted by Crippen LogP contribution is 2.30. The van der Waals surface area contributed by atoms with E-state index in [2.05, 4.69) is 35.6 Å². The molecule has 1 N–H and O–H groups in total. The average Bonchev–Trinajstić information content (AvgIpc) is 3.26. The average molecular weight is 368 g/mol. The topological polar surface area (TPSA) is 78.0 Å². The van der Waals surface area contributed by atoms with Gasteiger partial charge in [-0.25, -0.2) is 4.98 Å². The van der Waals surface area contributed by atoms with E-state index in [-0.39, 0.29) is 11.9 Å². The van der Waals surface area contributed by atoms with Crippen LogP contribution in [0.2, 0.25) is 0 Å². The Balaban J connectivity index is 1.37. The third-order valence-corrected chi connectivity index (χ3v) is 6.12. The molecule has 8 heteroatoms. The molecule has 2 unspecified atom stereocenters. The van der Waals surface area contributed by atoms with E-state index >= 15 is 0 Å². The number of aromatic nitrogens is 4. The first-order valence-corrected chi connectivity index (χ1v) is 9.91. The highest BCUT2D eigenvalue weighted by molar-refractivity contribution is 7.07. The molecule has 0 spiro atoms. The van der Waals surface area contributed by atoms with Gasteiger partial charge in [-0.2, -0.15) is 15.4 Å². The molecule has 7 nitrogen and oxygen atoms in total. The number of carbonyl (C=O) groups is 1. The second-order valence-electron chi connectivity index (χ2n) is 7.26. The molecule has 3 saturated heterocycles. The number of nitrogens with one attached hydrogen (secondary N) is 1. The molecule has 3 aromatic rings. The zero-order valence-corrected chi connectivity index (χ0v) is 15.2. The number of rotatable bonds is 3. The number of carbonyl (C=O) groups excluding carboxylic acids is 1. The monoisotopic (exact) mass is 368 g/mol. The Labute approximate surface area is 155 Å². The Bertz CT molecular complexity index is 923. The first-order valence-electron chi connectivity index (χ1n) is 8.97. The van der Waals surface area contributed by atoms with Gasteiger partial charge in [0.05, 0.1) is 11.2 Å². The molecule has 2 bridgehead atoms. The first kappa shape index (κ1) is 15.9. The van der Waals surface area contributed by atoms with Crippen molar-refractivity contribution in [2.24, 2.45) is 5.92 Å². The van der Waals surface area contributed by atoms with Crippen LogP contribution in [0, 0.1) is 5.92 Å². The molecule has 1 amide bonds. The van der Waals surface area contributed by atoms with Crippen molar-refractivity contribution in [3.05, 3.63) is 40.3 Å². The summed E-state index contributed by atoms with van der Waals surface area (Å²) < 4.78 is 0. The highest BCUT2D eigenvalue weighted by atomic mass is 32.1. The van der Waals surface area contributed by atoms with Crippen molar-refractivity contribution >= 4 is 28.3 Å². The van der Waals surface area contributed by atoms with Crippen molar-refractivity contribution in [3.63, 3.8) is 0 Å². The SMILES string of the molecule is O=C(c1ccc2n[nH]nc2c1)N1CC2CCC1CN(Cc1cscn1)C2. The van der Waals surface area contributed by atoms with Crippen LogP contribution in [0.25, 0.3) is 11.0 Å². The summed E-state index contributed by atoms with van der Waals surface area (Å²) in [6.07, 6.45) is 2.28. The molecule has 0 aliphatic carbocycles. The van der Waals surface area contributed by atoms with Crippen molar-refractivity contribution in [1.29, 1.82) is 0 Å². The second-order valence-corrected chi connectivity index (χ2v) is 7.97. The number of benzene rings is 1. The van der Waals surface area contributed by atoms with Crippen molar-refractivity contribution in [1.82, 2.24) is 30.2 Å². The van der Waals surface area contributed by atoms with E-state index in [0.717, 1.165) is 49.3 Å². The number of H-pyrrole nitrogens is 1. The molecule has 3 aliphatic heterocycles. The van der Waals surface area contributed by atoms with Gasteiger partial charge in [-0.3, -0.25) is 9.69 Å². The molecule has 134 valence electrons. The third-order valence-electron chi connectivity index (χ3n) is 5.48. The Morgan fingerprint density at radius 1 is 1.19 bits per heavy atom. The number of amides is 1. The van der Waals surface area contributed by atoms with E-state index in [9.17, 15) is 4.79 Å². The lowest BCUT2D eigenvalue weighted by Gasteiger charge is -2.36. The summed E-state index contributed by atoms with van der Waals surface area (Å²) in [6, 6.07) is 5.83. The van der Waals surface area contributed by atoms with Gasteiger partial charge < -0.3 is 4.90 Å². The van der Waals surface area contributed by atoms with Gasteiger partial charge in [0, 0.05) is 43.2 Å². The van der Waals surface area contributed by atoms with Crippen molar-refractivity contribution in [3.8, 4) is 0 Å². The quantitative estimate of drug-likeness (QED) is 0.766. The van der Waals surface area contributed by atoms with Crippen molar-refractivity contribution < 1.29 is 4.79 Å². The standard InChI is InChI=1S/C18H20N6OS/c25-18(13-2-4-16-17(5-13)21-22-20-16)24-7-12-1-3-15(24)9-23(6-12)8-14-10-26-11-19-14/h2,4-5,10-12,15H,1,3,6-9H2,(H,20,21,22). The van der Waals surface area contributed by atoms with Gasteiger partial charge in [-0.05, 0) is 37.0 Å². The van der Waals surface area contributed by atoms with E-state index < -0.39 is 0 Å². The van der Waals surface area contributed by atoms with Crippen LogP contribution >= 0.6 is 11.3 Å². The minimum absolute atomic E-state index is 0.111. The molecule has 0 radical (unpaired) electrons. The first-order chi connectivity index (χ1) is 12.8. The highest BCUT2D eigenvalue weighted by Gasteiger charge is 2.37. The van der Waals surface area contributed by atoms with E-state index in [1.54, 1.807) is 11.3 Å². The Morgan fingerprint density at radius 2 is 2.12 bits per heavy atom. The largest absolute Gasteiger partial charge is 0.334 e. The molecule has 3 fully saturated rings. The summed E-state index contributed by atoms with van der Waals surface area (Å²) in [6.45, 7) is 3.68. The summed E-state index contributed by atoms with van der Waals surface area (Å²) in [5.74, 6) is 0.646. The second kappa shape index (κ2) is 6.44. The molecule has 26 heavy (non-hydrogen) atoms. The van der Waals surface area contributed by atoms with E-state index in [4.69, 9.17) is 0 Å². The lowest BCUT2D eigenvalue weighted by molar-refractivity contribution is 0.0585. The van der Waals surface area contributed by atoms with Gasteiger partial charge >= 0.3 is 0 Å². The van der Waals surface area contributed by atoms with Gasteiger partial charge in [0.1, 0.15) is 11.0 Å². The van der Waals surface area contributed by atoms with Gasteiger partial charge in [0.2, 0.25) is 0 Å². The van der Waals surface area contributed by atoms with Crippen LogP contribution in [0.3, 0.4) is 0 Å². The summed E-state index contributed by atoms with van der Waals surface area (Å²) in [5.41, 5.74) is 5.24. The Hall–Kier alpha value is -2.32. The molecule has 2 atom stereocenters. The maximum absolute atomic E-state index is 13.2. The predicted molar refractivity (Wildman–Crippen MR) is 98.8 cm³/mol. The number of hydrogen-bond donors (Lipinski definition) is 1. The van der Waals surface area contributed by atoms with Crippen molar-refractivity contribution in [2.75, 3.05) is 19.6 Å². The zero-order chi connectivity index (χ0) is 17.5. The zero-order valence-electron chi connectivity index (χ0n) is 14.3. The van der Waals surface area contributed by atoms with Crippen LogP contribution in [-0.2, 0) is 6.54 Å². The van der Waals surface area contributed by atoms with E-state index in [1.165, 1.54) is 6.42 Å². The molecule has 5 heterocycles. The summed E-state index contributed by atoms with van der Waals surface area (Å²) in [7, 11) is 0. The van der Waals surface area contributed by atoms with Crippen LogP contribution in [0.4, 0.5) is 0 Å². The maximum Gasteiger partial charge on any atom is 0.254 e.